The highest BCUT2D eigenvalue weighted by Crippen LogP contribution is 2.47. The van der Waals surface area contributed by atoms with E-state index in [0.29, 0.717) is 0 Å². The van der Waals surface area contributed by atoms with Crippen LogP contribution < -0.4 is 9.47 Å². The molecule has 1 heterocycles. The molecule has 0 atom stereocenters. The first-order valence-corrected chi connectivity index (χ1v) is 14.9. The van der Waals surface area contributed by atoms with Gasteiger partial charge in [-0.15, -0.1) is 0 Å². The SMILES string of the molecule is c1ccc(-c2c3ccccc3c(-c3ccc4cc(-c5ccc6c(c5)Oc5ccccc5O6)ccc4c3)c3ccccc23)cc1. The summed E-state index contributed by atoms with van der Waals surface area (Å²) in [4.78, 5) is 0. The summed E-state index contributed by atoms with van der Waals surface area (Å²) in [5.41, 5.74) is 7.24. The third kappa shape index (κ3) is 3.96. The van der Waals surface area contributed by atoms with E-state index in [0.717, 1.165) is 34.1 Å². The predicted molar refractivity (Wildman–Crippen MR) is 182 cm³/mol. The van der Waals surface area contributed by atoms with Gasteiger partial charge in [0.05, 0.1) is 0 Å². The first kappa shape index (κ1) is 24.7. The molecule has 206 valence electrons. The molecule has 0 amide bonds. The Hall–Kier alpha value is -5.86. The van der Waals surface area contributed by atoms with E-state index in [2.05, 4.69) is 127 Å². The van der Waals surface area contributed by atoms with Crippen molar-refractivity contribution in [1.82, 2.24) is 0 Å². The summed E-state index contributed by atoms with van der Waals surface area (Å²) in [5, 5.41) is 7.46. The van der Waals surface area contributed by atoms with Gasteiger partial charge in [-0.25, -0.2) is 0 Å². The molecule has 0 aliphatic carbocycles. The van der Waals surface area contributed by atoms with E-state index in [1.165, 1.54) is 54.6 Å². The van der Waals surface area contributed by atoms with E-state index in [9.17, 15) is 0 Å². The van der Waals surface area contributed by atoms with Crippen molar-refractivity contribution in [2.24, 2.45) is 0 Å². The molecule has 2 nitrogen and oxygen atoms in total. The second-order valence-electron chi connectivity index (χ2n) is 11.3. The first-order chi connectivity index (χ1) is 21.8. The minimum atomic E-state index is 0.731. The molecular formula is C42H26O2. The normalized spacial score (nSPS) is 12.0. The van der Waals surface area contributed by atoms with Gasteiger partial charge in [-0.05, 0) is 102 Å². The Morgan fingerprint density at radius 1 is 0.273 bits per heavy atom. The summed E-state index contributed by atoms with van der Waals surface area (Å²) >= 11 is 0. The molecule has 44 heavy (non-hydrogen) atoms. The van der Waals surface area contributed by atoms with E-state index in [1.807, 2.05) is 30.3 Å². The molecule has 0 N–H and O–H groups in total. The zero-order chi connectivity index (χ0) is 29.0. The number of hydrogen-bond donors (Lipinski definition) is 0. The van der Waals surface area contributed by atoms with Crippen LogP contribution in [0, 0.1) is 0 Å². The molecule has 0 bridgehead atoms. The molecule has 0 fully saturated rings. The molecule has 1 aliphatic heterocycles. The van der Waals surface area contributed by atoms with E-state index in [4.69, 9.17) is 9.47 Å². The summed E-state index contributed by atoms with van der Waals surface area (Å²) in [6.45, 7) is 0. The van der Waals surface area contributed by atoms with Crippen LogP contribution in [0.4, 0.5) is 0 Å². The summed E-state index contributed by atoms with van der Waals surface area (Å²) < 4.78 is 12.2. The van der Waals surface area contributed by atoms with Crippen LogP contribution in [0.2, 0.25) is 0 Å². The van der Waals surface area contributed by atoms with Crippen LogP contribution >= 0.6 is 0 Å². The van der Waals surface area contributed by atoms with Crippen molar-refractivity contribution in [2.45, 2.75) is 0 Å². The Bertz CT molecular complexity index is 2330. The van der Waals surface area contributed by atoms with Crippen LogP contribution in [0.5, 0.6) is 23.0 Å². The fourth-order valence-electron chi connectivity index (χ4n) is 6.64. The van der Waals surface area contributed by atoms with Gasteiger partial charge in [0.15, 0.2) is 23.0 Å². The number of ether oxygens (including phenoxy) is 2. The number of rotatable bonds is 3. The Labute approximate surface area is 255 Å². The Balaban J connectivity index is 1.16. The van der Waals surface area contributed by atoms with Crippen LogP contribution in [0.15, 0.2) is 158 Å². The Kier molecular flexibility index (Phi) is 5.54. The number of hydrogen-bond acceptors (Lipinski definition) is 2. The number of fused-ring (bicyclic) bond motifs is 5. The maximum absolute atomic E-state index is 6.17. The van der Waals surface area contributed by atoms with E-state index in [-0.39, 0.29) is 0 Å². The van der Waals surface area contributed by atoms with Crippen molar-refractivity contribution in [3.05, 3.63) is 158 Å². The lowest BCUT2D eigenvalue weighted by molar-refractivity contribution is 0.360. The highest BCUT2D eigenvalue weighted by atomic mass is 16.6. The third-order valence-electron chi connectivity index (χ3n) is 8.69. The van der Waals surface area contributed by atoms with Crippen LogP contribution in [-0.4, -0.2) is 0 Å². The van der Waals surface area contributed by atoms with Crippen molar-refractivity contribution in [2.75, 3.05) is 0 Å². The molecule has 0 saturated heterocycles. The maximum atomic E-state index is 6.17. The van der Waals surface area contributed by atoms with Gasteiger partial charge < -0.3 is 9.47 Å². The van der Waals surface area contributed by atoms with Crippen molar-refractivity contribution in [3.63, 3.8) is 0 Å². The lowest BCUT2D eigenvalue weighted by atomic mass is 9.85. The summed E-state index contributed by atoms with van der Waals surface area (Å²) in [5.74, 6) is 2.94. The quantitative estimate of drug-likeness (QED) is 0.199. The van der Waals surface area contributed by atoms with Gasteiger partial charge in [0.1, 0.15) is 0 Å². The fourth-order valence-corrected chi connectivity index (χ4v) is 6.64. The molecule has 8 aromatic rings. The predicted octanol–water partition coefficient (Wildman–Crippen LogP) is 12.0. The highest BCUT2D eigenvalue weighted by molar-refractivity contribution is 6.21. The summed E-state index contributed by atoms with van der Waals surface area (Å²) in [6, 6.07) is 55.8. The van der Waals surface area contributed by atoms with Gasteiger partial charge in [0, 0.05) is 0 Å². The van der Waals surface area contributed by atoms with Crippen LogP contribution in [0.1, 0.15) is 0 Å². The second-order valence-corrected chi connectivity index (χ2v) is 11.3. The summed E-state index contributed by atoms with van der Waals surface area (Å²) in [7, 11) is 0. The van der Waals surface area contributed by atoms with Crippen LogP contribution in [0.3, 0.4) is 0 Å². The van der Waals surface area contributed by atoms with E-state index in [1.54, 1.807) is 0 Å². The molecule has 0 radical (unpaired) electrons. The van der Waals surface area contributed by atoms with Gasteiger partial charge in [-0.1, -0.05) is 121 Å². The molecular weight excluding hydrogens is 536 g/mol. The minimum Gasteiger partial charge on any atom is -0.450 e. The van der Waals surface area contributed by atoms with E-state index < -0.39 is 0 Å². The van der Waals surface area contributed by atoms with Gasteiger partial charge in [0.2, 0.25) is 0 Å². The first-order valence-electron chi connectivity index (χ1n) is 14.9. The molecule has 0 aromatic heterocycles. The number of para-hydroxylation sites is 2. The third-order valence-corrected chi connectivity index (χ3v) is 8.69. The van der Waals surface area contributed by atoms with Crippen molar-refractivity contribution in [3.8, 4) is 56.4 Å². The van der Waals surface area contributed by atoms with Crippen LogP contribution in [-0.2, 0) is 0 Å². The van der Waals surface area contributed by atoms with Gasteiger partial charge in [-0.2, -0.15) is 0 Å². The minimum absolute atomic E-state index is 0.731. The van der Waals surface area contributed by atoms with Crippen LogP contribution in [0.25, 0.3) is 65.7 Å². The van der Waals surface area contributed by atoms with E-state index >= 15 is 0 Å². The molecule has 2 heteroatoms. The zero-order valence-corrected chi connectivity index (χ0v) is 23.8. The monoisotopic (exact) mass is 562 g/mol. The second kappa shape index (κ2) is 9.86. The Morgan fingerprint density at radius 3 is 1.34 bits per heavy atom. The topological polar surface area (TPSA) is 18.5 Å². The summed E-state index contributed by atoms with van der Waals surface area (Å²) in [6.07, 6.45) is 0. The van der Waals surface area contributed by atoms with Gasteiger partial charge in [0.25, 0.3) is 0 Å². The average molecular weight is 563 g/mol. The molecule has 0 spiro atoms. The number of benzene rings is 8. The fraction of sp³-hybridized carbons (Fsp3) is 0. The van der Waals surface area contributed by atoms with Gasteiger partial charge >= 0.3 is 0 Å². The molecule has 0 saturated carbocycles. The Morgan fingerprint density at radius 2 is 0.705 bits per heavy atom. The molecule has 1 aliphatic rings. The smallest absolute Gasteiger partial charge is 0.170 e. The maximum Gasteiger partial charge on any atom is 0.170 e. The lowest BCUT2D eigenvalue weighted by Crippen LogP contribution is -1.98. The zero-order valence-electron chi connectivity index (χ0n) is 23.8. The largest absolute Gasteiger partial charge is 0.450 e. The molecule has 0 unspecified atom stereocenters. The van der Waals surface area contributed by atoms with Crippen molar-refractivity contribution >= 4 is 32.3 Å². The lowest BCUT2D eigenvalue weighted by Gasteiger charge is -2.21. The molecule has 9 rings (SSSR count). The van der Waals surface area contributed by atoms with Crippen molar-refractivity contribution < 1.29 is 9.47 Å². The standard InChI is InChI=1S/C42H26O2/c1-2-10-27(11-3-1)41-33-12-4-6-14-35(33)42(36-15-7-5-13-34(36)41)32-21-20-28-24-29(18-19-30(28)25-32)31-22-23-39-40(26-31)44-38-17-9-8-16-37(38)43-39/h1-26H. The molecule has 8 aromatic carbocycles. The van der Waals surface area contributed by atoms with Crippen molar-refractivity contribution in [1.29, 1.82) is 0 Å². The highest BCUT2D eigenvalue weighted by Gasteiger charge is 2.19. The van der Waals surface area contributed by atoms with Gasteiger partial charge in [-0.3, -0.25) is 0 Å². The average Bonchev–Trinajstić information content (AvgIpc) is 3.09.